The van der Waals surface area contributed by atoms with Crippen molar-refractivity contribution in [2.75, 3.05) is 4.72 Å². The van der Waals surface area contributed by atoms with E-state index in [0.29, 0.717) is 0 Å². The van der Waals surface area contributed by atoms with Crippen molar-refractivity contribution in [2.45, 2.75) is 25.3 Å². The second-order valence-electron chi connectivity index (χ2n) is 6.61. The lowest BCUT2D eigenvalue weighted by molar-refractivity contribution is -0.385. The average Bonchev–Trinajstić information content (AvgIpc) is 3.01. The number of rotatable bonds is 6. The van der Waals surface area contributed by atoms with Gasteiger partial charge < -0.3 is 0 Å². The zero-order chi connectivity index (χ0) is 24.0. The highest BCUT2D eigenvalue weighted by molar-refractivity contribution is 7.92. The zero-order valence-corrected chi connectivity index (χ0v) is 17.1. The van der Waals surface area contributed by atoms with Gasteiger partial charge in [-0.2, -0.15) is 5.10 Å². The molecule has 0 bridgehead atoms. The lowest BCUT2D eigenvalue weighted by Crippen LogP contribution is -2.15. The maximum Gasteiger partial charge on any atom is 0.270 e. The number of nitro groups is 1. The van der Waals surface area contributed by atoms with Crippen molar-refractivity contribution in [1.82, 2.24) is 9.78 Å². The van der Waals surface area contributed by atoms with Gasteiger partial charge in [0.05, 0.1) is 39.0 Å². The fourth-order valence-electron chi connectivity index (χ4n) is 2.90. The molecule has 0 spiro atoms. The maximum atomic E-state index is 14.0. The third-order valence-electron chi connectivity index (χ3n) is 4.57. The first kappa shape index (κ1) is 23.1. The monoisotopic (exact) mass is 476 g/mol. The number of sulfonamides is 1. The molecule has 0 saturated heterocycles. The van der Waals surface area contributed by atoms with E-state index in [0.717, 1.165) is 22.9 Å². The molecule has 0 saturated carbocycles. The Hall–Kier alpha value is -3.55. The van der Waals surface area contributed by atoms with Crippen LogP contribution in [0.15, 0.2) is 29.2 Å². The van der Waals surface area contributed by atoms with E-state index in [1.807, 2.05) is 0 Å². The van der Waals surface area contributed by atoms with Crippen LogP contribution in [0.25, 0.3) is 0 Å². The Balaban J connectivity index is 1.99. The van der Waals surface area contributed by atoms with Gasteiger partial charge in [-0.05, 0) is 19.9 Å². The highest BCUT2D eigenvalue weighted by atomic mass is 32.2. The smallest absolute Gasteiger partial charge is 0.270 e. The molecule has 170 valence electrons. The van der Waals surface area contributed by atoms with E-state index in [1.54, 1.807) is 0 Å². The quantitative estimate of drug-likeness (QED) is 0.191. The summed E-state index contributed by atoms with van der Waals surface area (Å²) in [5, 5.41) is 14.8. The molecular weight excluding hydrogens is 463 g/mol. The van der Waals surface area contributed by atoms with Gasteiger partial charge in [0.2, 0.25) is 5.82 Å². The standard InChI is InChI=1S/C18H13F5N4O4S/c1-8-18(25-32(30,31)11-5-3-4-10(6-11)27(28)29)9(2)26(24-8)7-12-13(19)15(21)17(23)16(22)14(12)20/h3-6,25H,7H2,1-2H3. The van der Waals surface area contributed by atoms with Crippen LogP contribution in [0, 0.1) is 53.0 Å². The van der Waals surface area contributed by atoms with Crippen LogP contribution in [0.4, 0.5) is 33.3 Å². The Morgan fingerprint density at radius 1 is 1.03 bits per heavy atom. The van der Waals surface area contributed by atoms with Crippen LogP contribution in [0.2, 0.25) is 0 Å². The van der Waals surface area contributed by atoms with E-state index in [1.165, 1.54) is 19.9 Å². The first-order valence-corrected chi connectivity index (χ1v) is 10.1. The number of non-ortho nitro benzene ring substituents is 1. The SMILES string of the molecule is Cc1nn(Cc2c(F)c(F)c(F)c(F)c2F)c(C)c1NS(=O)(=O)c1cccc([N+](=O)[O-])c1. The van der Waals surface area contributed by atoms with Crippen LogP contribution < -0.4 is 4.72 Å². The first-order valence-electron chi connectivity index (χ1n) is 8.66. The van der Waals surface area contributed by atoms with Crippen molar-refractivity contribution in [1.29, 1.82) is 0 Å². The molecule has 3 rings (SSSR count). The molecule has 14 heteroatoms. The van der Waals surface area contributed by atoms with Crippen LogP contribution in [0.5, 0.6) is 0 Å². The second-order valence-corrected chi connectivity index (χ2v) is 8.29. The molecule has 0 aliphatic carbocycles. The van der Waals surface area contributed by atoms with Gasteiger partial charge in [-0.1, -0.05) is 6.07 Å². The molecule has 3 aromatic rings. The number of hydrogen-bond donors (Lipinski definition) is 1. The highest BCUT2D eigenvalue weighted by Crippen LogP contribution is 2.28. The largest absolute Gasteiger partial charge is 0.276 e. The normalized spacial score (nSPS) is 11.6. The van der Waals surface area contributed by atoms with E-state index in [9.17, 15) is 40.5 Å². The number of nitrogens with one attached hydrogen (secondary N) is 1. The number of halogens is 5. The van der Waals surface area contributed by atoms with Gasteiger partial charge in [0.25, 0.3) is 15.7 Å². The van der Waals surface area contributed by atoms with Crippen molar-refractivity contribution >= 4 is 21.4 Å². The third-order valence-corrected chi connectivity index (χ3v) is 5.91. The fourth-order valence-corrected chi connectivity index (χ4v) is 4.11. The molecule has 0 radical (unpaired) electrons. The molecule has 1 heterocycles. The third kappa shape index (κ3) is 4.00. The number of aryl methyl sites for hydroxylation is 1. The van der Waals surface area contributed by atoms with Crippen LogP contribution in [0.1, 0.15) is 17.0 Å². The van der Waals surface area contributed by atoms with E-state index in [2.05, 4.69) is 9.82 Å². The average molecular weight is 476 g/mol. The highest BCUT2D eigenvalue weighted by Gasteiger charge is 2.27. The van der Waals surface area contributed by atoms with Gasteiger partial charge in [-0.15, -0.1) is 0 Å². The maximum absolute atomic E-state index is 14.0. The Labute approximate surface area is 177 Å². The Bertz CT molecular complexity index is 1330. The van der Waals surface area contributed by atoms with Gasteiger partial charge in [0, 0.05) is 12.1 Å². The Morgan fingerprint density at radius 2 is 1.59 bits per heavy atom. The second kappa shape index (κ2) is 8.18. The zero-order valence-electron chi connectivity index (χ0n) is 16.3. The number of aromatic nitrogens is 2. The van der Waals surface area contributed by atoms with Crippen molar-refractivity contribution in [3.63, 3.8) is 0 Å². The van der Waals surface area contributed by atoms with E-state index in [-0.39, 0.29) is 17.1 Å². The minimum absolute atomic E-state index is 0.000414. The van der Waals surface area contributed by atoms with Gasteiger partial charge >= 0.3 is 0 Å². The summed E-state index contributed by atoms with van der Waals surface area (Å²) < 4.78 is 96.5. The van der Waals surface area contributed by atoms with Crippen molar-refractivity contribution in [3.05, 3.63) is 80.4 Å². The van der Waals surface area contributed by atoms with Crippen LogP contribution in [-0.4, -0.2) is 23.1 Å². The summed E-state index contributed by atoms with van der Waals surface area (Å²) in [5.41, 5.74) is -1.72. The molecule has 0 unspecified atom stereocenters. The van der Waals surface area contributed by atoms with Crippen molar-refractivity contribution < 1.29 is 35.3 Å². The minimum atomic E-state index is -4.33. The van der Waals surface area contributed by atoms with Gasteiger partial charge in [-0.25, -0.2) is 30.4 Å². The number of benzene rings is 2. The predicted octanol–water partition coefficient (Wildman–Crippen LogP) is 3.95. The van der Waals surface area contributed by atoms with E-state index >= 15 is 0 Å². The Kier molecular flexibility index (Phi) is 5.91. The van der Waals surface area contributed by atoms with Crippen LogP contribution in [-0.2, 0) is 16.6 Å². The molecule has 1 N–H and O–H groups in total. The molecule has 0 fully saturated rings. The molecule has 0 atom stereocenters. The summed E-state index contributed by atoms with van der Waals surface area (Å²) in [5.74, 6) is -10.6. The topological polar surface area (TPSA) is 107 Å². The van der Waals surface area contributed by atoms with Crippen molar-refractivity contribution in [2.24, 2.45) is 0 Å². The molecular formula is C18H13F5N4O4S. The van der Waals surface area contributed by atoms with E-state index < -0.39 is 66.7 Å². The molecule has 8 nitrogen and oxygen atoms in total. The molecule has 2 aromatic carbocycles. The van der Waals surface area contributed by atoms with Gasteiger partial charge in [0.15, 0.2) is 23.3 Å². The fraction of sp³-hybridized carbons (Fsp3) is 0.167. The molecule has 0 amide bonds. The lowest BCUT2D eigenvalue weighted by Gasteiger charge is -2.11. The van der Waals surface area contributed by atoms with Crippen LogP contribution in [0.3, 0.4) is 0 Å². The lowest BCUT2D eigenvalue weighted by atomic mass is 10.1. The summed E-state index contributed by atoms with van der Waals surface area (Å²) in [7, 11) is -4.33. The number of nitrogens with zero attached hydrogens (tertiary/aromatic N) is 3. The molecule has 32 heavy (non-hydrogen) atoms. The predicted molar refractivity (Wildman–Crippen MR) is 101 cm³/mol. The van der Waals surface area contributed by atoms with Crippen molar-refractivity contribution in [3.8, 4) is 0 Å². The number of hydrogen-bond acceptors (Lipinski definition) is 5. The summed E-state index contributed by atoms with van der Waals surface area (Å²) in [6.07, 6.45) is 0. The summed E-state index contributed by atoms with van der Waals surface area (Å²) >= 11 is 0. The van der Waals surface area contributed by atoms with Crippen LogP contribution >= 0.6 is 0 Å². The minimum Gasteiger partial charge on any atom is -0.276 e. The summed E-state index contributed by atoms with van der Waals surface area (Å²) in [6, 6.07) is 4.20. The number of anilines is 1. The number of nitro benzene ring substituents is 1. The molecule has 0 aliphatic rings. The summed E-state index contributed by atoms with van der Waals surface area (Å²) in [4.78, 5) is 9.67. The summed E-state index contributed by atoms with van der Waals surface area (Å²) in [6.45, 7) is 1.77. The molecule has 1 aromatic heterocycles. The molecule has 0 aliphatic heterocycles. The van der Waals surface area contributed by atoms with E-state index in [4.69, 9.17) is 0 Å². The van der Waals surface area contributed by atoms with Gasteiger partial charge in [0.1, 0.15) is 0 Å². The van der Waals surface area contributed by atoms with Gasteiger partial charge in [-0.3, -0.25) is 19.5 Å². The Morgan fingerprint density at radius 3 is 2.16 bits per heavy atom. The first-order chi connectivity index (χ1) is 14.8.